The number of methoxy groups -OCH3 is 1. The first-order valence-electron chi connectivity index (χ1n) is 12.1. The second-order valence-electron chi connectivity index (χ2n) is 10.4. The molecule has 0 spiro atoms. The fraction of sp³-hybridized carbons (Fsp3) is 0.720. The molecule has 1 aromatic rings. The average molecular weight is 428 g/mol. The number of piperazine rings is 1. The van der Waals surface area contributed by atoms with E-state index in [4.69, 9.17) is 9.47 Å². The lowest BCUT2D eigenvalue weighted by molar-refractivity contribution is -0.128. The Morgan fingerprint density at radius 3 is 2.06 bits per heavy atom. The Kier molecular flexibility index (Phi) is 6.11. The molecule has 5 aliphatic rings. The maximum absolute atomic E-state index is 12.9. The van der Waals surface area contributed by atoms with Gasteiger partial charge in [-0.25, -0.2) is 0 Å². The van der Waals surface area contributed by atoms with E-state index in [-0.39, 0.29) is 11.4 Å². The Morgan fingerprint density at radius 1 is 0.935 bits per heavy atom. The van der Waals surface area contributed by atoms with E-state index in [0.717, 1.165) is 62.0 Å². The highest BCUT2D eigenvalue weighted by Crippen LogP contribution is 2.55. The van der Waals surface area contributed by atoms with Crippen LogP contribution in [0.4, 0.5) is 0 Å². The lowest BCUT2D eigenvalue weighted by atomic mass is 9.53. The van der Waals surface area contributed by atoms with Crippen molar-refractivity contribution in [3.05, 3.63) is 24.3 Å². The molecule has 0 unspecified atom stereocenters. The van der Waals surface area contributed by atoms with Gasteiger partial charge in [0.15, 0.2) is 0 Å². The van der Waals surface area contributed by atoms with Gasteiger partial charge < -0.3 is 14.8 Å². The molecule has 1 heterocycles. The predicted octanol–water partition coefficient (Wildman–Crippen LogP) is 2.78. The van der Waals surface area contributed by atoms with Crippen LogP contribution in [0.2, 0.25) is 0 Å². The first-order chi connectivity index (χ1) is 15.1. The number of carbonyl (C=O) groups is 1. The van der Waals surface area contributed by atoms with Crippen LogP contribution in [0.15, 0.2) is 24.3 Å². The number of nitrogens with zero attached hydrogens (tertiary/aromatic N) is 2. The minimum absolute atomic E-state index is 0.131. The summed E-state index contributed by atoms with van der Waals surface area (Å²) in [4.78, 5) is 17.6. The van der Waals surface area contributed by atoms with Crippen molar-refractivity contribution in [2.75, 3.05) is 53.0 Å². The van der Waals surface area contributed by atoms with Gasteiger partial charge in [-0.15, -0.1) is 0 Å². The van der Waals surface area contributed by atoms with Gasteiger partial charge >= 0.3 is 0 Å². The molecule has 0 aromatic heterocycles. The second-order valence-corrected chi connectivity index (χ2v) is 10.4. The predicted molar refractivity (Wildman–Crippen MR) is 120 cm³/mol. The molecule has 170 valence electrons. The first kappa shape index (κ1) is 21.1. The fourth-order valence-corrected chi connectivity index (χ4v) is 6.94. The van der Waals surface area contributed by atoms with Gasteiger partial charge in [-0.2, -0.15) is 0 Å². The summed E-state index contributed by atoms with van der Waals surface area (Å²) in [7, 11) is 1.67. The molecule has 4 bridgehead atoms. The monoisotopic (exact) mass is 427 g/mol. The van der Waals surface area contributed by atoms with E-state index < -0.39 is 0 Å². The molecule has 5 fully saturated rings. The molecule has 6 rings (SSSR count). The van der Waals surface area contributed by atoms with Crippen LogP contribution in [0.3, 0.4) is 0 Å². The van der Waals surface area contributed by atoms with Gasteiger partial charge in [-0.05, 0) is 80.5 Å². The summed E-state index contributed by atoms with van der Waals surface area (Å²) in [6, 6.07) is 7.73. The third-order valence-corrected chi connectivity index (χ3v) is 8.01. The van der Waals surface area contributed by atoms with Gasteiger partial charge in [0.2, 0.25) is 5.91 Å². The summed E-state index contributed by atoms with van der Waals surface area (Å²) in [6.07, 6.45) is 7.93. The third-order valence-electron chi connectivity index (χ3n) is 8.01. The molecular formula is C25H37N3O3. The van der Waals surface area contributed by atoms with Gasteiger partial charge in [0.25, 0.3) is 0 Å². The zero-order valence-electron chi connectivity index (χ0n) is 18.9. The van der Waals surface area contributed by atoms with Crippen molar-refractivity contribution in [3.63, 3.8) is 0 Å². The van der Waals surface area contributed by atoms with Crippen molar-refractivity contribution in [2.45, 2.75) is 44.1 Å². The van der Waals surface area contributed by atoms with E-state index in [9.17, 15) is 4.79 Å². The topological polar surface area (TPSA) is 54.0 Å². The normalized spacial score (nSPS) is 32.7. The lowest BCUT2D eigenvalue weighted by Crippen LogP contribution is -2.61. The van der Waals surface area contributed by atoms with Crippen molar-refractivity contribution >= 4 is 5.91 Å². The average Bonchev–Trinajstić information content (AvgIpc) is 2.74. The molecule has 4 saturated carbocycles. The van der Waals surface area contributed by atoms with E-state index in [1.54, 1.807) is 7.11 Å². The van der Waals surface area contributed by atoms with Crippen LogP contribution in [-0.2, 0) is 4.79 Å². The van der Waals surface area contributed by atoms with Gasteiger partial charge in [-0.1, -0.05) is 0 Å². The second kappa shape index (κ2) is 8.99. The van der Waals surface area contributed by atoms with E-state index >= 15 is 0 Å². The van der Waals surface area contributed by atoms with Gasteiger partial charge in [-0.3, -0.25) is 14.6 Å². The molecular weight excluding hydrogens is 390 g/mol. The highest BCUT2D eigenvalue weighted by atomic mass is 16.5. The van der Waals surface area contributed by atoms with E-state index in [0.29, 0.717) is 13.2 Å². The minimum atomic E-state index is 0.131. The molecule has 1 aromatic carbocycles. The maximum Gasteiger partial charge on any atom is 0.234 e. The van der Waals surface area contributed by atoms with Crippen LogP contribution < -0.4 is 14.8 Å². The smallest absolute Gasteiger partial charge is 0.234 e. The number of rotatable bonds is 8. The summed E-state index contributed by atoms with van der Waals surface area (Å²) < 4.78 is 11.0. The summed E-state index contributed by atoms with van der Waals surface area (Å²) >= 11 is 0. The Balaban J connectivity index is 1.01. The number of ether oxygens (including phenoxy) is 2. The van der Waals surface area contributed by atoms with Crippen LogP contribution in [0.25, 0.3) is 0 Å². The van der Waals surface area contributed by atoms with Crippen molar-refractivity contribution in [2.24, 2.45) is 17.8 Å². The summed E-state index contributed by atoms with van der Waals surface area (Å²) in [5.41, 5.74) is 0.131. The molecule has 6 nitrogen and oxygen atoms in total. The Hall–Kier alpha value is -1.79. The molecule has 0 atom stereocenters. The molecule has 1 aliphatic heterocycles. The highest BCUT2D eigenvalue weighted by Gasteiger charge is 2.51. The zero-order chi connectivity index (χ0) is 21.3. The largest absolute Gasteiger partial charge is 0.497 e. The van der Waals surface area contributed by atoms with Crippen LogP contribution in [0, 0.1) is 17.8 Å². The molecule has 1 amide bonds. The number of benzene rings is 1. The SMILES string of the molecule is COc1ccc(OCCN2CCN(CC(=O)NC34CC5CC(CC(C5)C3)C4)CC2)cc1. The Morgan fingerprint density at radius 2 is 1.48 bits per heavy atom. The maximum atomic E-state index is 12.9. The van der Waals surface area contributed by atoms with Crippen molar-refractivity contribution in [1.82, 2.24) is 15.1 Å². The third kappa shape index (κ3) is 5.01. The van der Waals surface area contributed by atoms with Gasteiger partial charge in [0.1, 0.15) is 18.1 Å². The lowest BCUT2D eigenvalue weighted by Gasteiger charge is -2.57. The Labute approximate surface area is 186 Å². The Bertz CT molecular complexity index is 722. The number of hydrogen-bond acceptors (Lipinski definition) is 5. The van der Waals surface area contributed by atoms with Crippen molar-refractivity contribution in [3.8, 4) is 11.5 Å². The quantitative estimate of drug-likeness (QED) is 0.691. The van der Waals surface area contributed by atoms with Crippen LogP contribution in [-0.4, -0.2) is 74.2 Å². The molecule has 4 aliphatic carbocycles. The molecule has 0 radical (unpaired) electrons. The summed E-state index contributed by atoms with van der Waals surface area (Å²) in [6.45, 7) is 6.05. The number of nitrogens with one attached hydrogen (secondary N) is 1. The van der Waals surface area contributed by atoms with Crippen LogP contribution in [0.1, 0.15) is 38.5 Å². The molecule has 1 saturated heterocycles. The van der Waals surface area contributed by atoms with Crippen molar-refractivity contribution in [1.29, 1.82) is 0 Å². The van der Waals surface area contributed by atoms with Gasteiger partial charge in [0.05, 0.1) is 13.7 Å². The molecule has 31 heavy (non-hydrogen) atoms. The standard InChI is InChI=1S/C25H37N3O3/c1-30-22-2-4-23(5-3-22)31-11-10-27-6-8-28(9-7-27)18-24(29)26-25-15-19-12-20(16-25)14-21(13-19)17-25/h2-5,19-21H,6-18H2,1H3,(H,26,29). The summed E-state index contributed by atoms with van der Waals surface area (Å²) in [5, 5.41) is 3.52. The molecule has 1 N–H and O–H groups in total. The van der Waals surface area contributed by atoms with E-state index in [1.807, 2.05) is 24.3 Å². The van der Waals surface area contributed by atoms with E-state index in [1.165, 1.54) is 38.5 Å². The summed E-state index contributed by atoms with van der Waals surface area (Å²) in [5.74, 6) is 4.58. The minimum Gasteiger partial charge on any atom is -0.497 e. The molecule has 6 heteroatoms. The number of carbonyl (C=O) groups excluding carboxylic acids is 1. The number of amides is 1. The number of hydrogen-bond donors (Lipinski definition) is 1. The fourth-order valence-electron chi connectivity index (χ4n) is 6.94. The van der Waals surface area contributed by atoms with Crippen LogP contribution in [0.5, 0.6) is 11.5 Å². The van der Waals surface area contributed by atoms with E-state index in [2.05, 4.69) is 15.1 Å². The highest BCUT2D eigenvalue weighted by molar-refractivity contribution is 5.79. The van der Waals surface area contributed by atoms with Gasteiger partial charge in [0, 0.05) is 38.3 Å². The van der Waals surface area contributed by atoms with Crippen LogP contribution >= 0.6 is 0 Å². The first-order valence-corrected chi connectivity index (χ1v) is 12.1. The van der Waals surface area contributed by atoms with Crippen molar-refractivity contribution < 1.29 is 14.3 Å². The zero-order valence-corrected chi connectivity index (χ0v) is 18.9.